The Morgan fingerprint density at radius 2 is 2.16 bits per heavy atom. The number of hydrogen-bond acceptors (Lipinski definition) is 6. The standard InChI is InChI=1S/C13H25N5O/c1-5-10(14)9(2)13-15-12(16-19-13)11-8-17(3)6-7-18(11)4/h9-11H,5-8,14H2,1-4H3. The summed E-state index contributed by atoms with van der Waals surface area (Å²) < 4.78 is 5.40. The molecule has 0 bridgehead atoms. The average molecular weight is 267 g/mol. The van der Waals surface area contributed by atoms with E-state index in [1.807, 2.05) is 6.92 Å². The zero-order valence-corrected chi connectivity index (χ0v) is 12.3. The van der Waals surface area contributed by atoms with Gasteiger partial charge in [-0.3, -0.25) is 4.90 Å². The molecule has 3 unspecified atom stereocenters. The fourth-order valence-electron chi connectivity index (χ4n) is 2.39. The maximum absolute atomic E-state index is 6.04. The molecule has 0 saturated carbocycles. The summed E-state index contributed by atoms with van der Waals surface area (Å²) in [7, 11) is 4.23. The van der Waals surface area contributed by atoms with Crippen LogP contribution >= 0.6 is 0 Å². The van der Waals surface area contributed by atoms with E-state index < -0.39 is 0 Å². The molecule has 108 valence electrons. The molecule has 0 spiro atoms. The highest BCUT2D eigenvalue weighted by molar-refractivity contribution is 5.02. The van der Waals surface area contributed by atoms with Crippen LogP contribution in [-0.2, 0) is 0 Å². The lowest BCUT2D eigenvalue weighted by Crippen LogP contribution is -2.45. The molecule has 3 atom stereocenters. The van der Waals surface area contributed by atoms with E-state index in [1.165, 1.54) is 0 Å². The van der Waals surface area contributed by atoms with Crippen molar-refractivity contribution in [1.29, 1.82) is 0 Å². The molecule has 1 aliphatic rings. The lowest BCUT2D eigenvalue weighted by atomic mass is 10.0. The number of nitrogens with zero attached hydrogens (tertiary/aromatic N) is 4. The van der Waals surface area contributed by atoms with E-state index >= 15 is 0 Å². The molecule has 0 aromatic carbocycles. The smallest absolute Gasteiger partial charge is 0.231 e. The highest BCUT2D eigenvalue weighted by Gasteiger charge is 2.29. The Labute approximate surface area is 114 Å². The molecule has 1 aromatic rings. The Kier molecular flexibility index (Phi) is 4.54. The Bertz CT molecular complexity index is 407. The van der Waals surface area contributed by atoms with Crippen molar-refractivity contribution in [3.05, 3.63) is 11.7 Å². The van der Waals surface area contributed by atoms with E-state index in [-0.39, 0.29) is 18.0 Å². The minimum Gasteiger partial charge on any atom is -0.339 e. The number of hydrogen-bond donors (Lipinski definition) is 1. The molecule has 0 amide bonds. The van der Waals surface area contributed by atoms with E-state index in [4.69, 9.17) is 10.3 Å². The second-order valence-corrected chi connectivity index (χ2v) is 5.61. The van der Waals surface area contributed by atoms with Crippen molar-refractivity contribution in [2.24, 2.45) is 5.73 Å². The van der Waals surface area contributed by atoms with E-state index in [2.05, 4.69) is 41.0 Å². The first kappa shape index (κ1) is 14.4. The minimum absolute atomic E-state index is 0.0695. The van der Waals surface area contributed by atoms with Crippen LogP contribution in [0.5, 0.6) is 0 Å². The summed E-state index contributed by atoms with van der Waals surface area (Å²) in [6.07, 6.45) is 0.908. The minimum atomic E-state index is 0.0695. The number of likely N-dealkylation sites (N-methyl/N-ethyl adjacent to an activating group) is 2. The predicted molar refractivity (Wildman–Crippen MR) is 73.8 cm³/mol. The van der Waals surface area contributed by atoms with Gasteiger partial charge in [0, 0.05) is 25.7 Å². The highest BCUT2D eigenvalue weighted by Crippen LogP contribution is 2.24. The van der Waals surface area contributed by atoms with Crippen LogP contribution in [0.2, 0.25) is 0 Å². The zero-order valence-electron chi connectivity index (χ0n) is 12.3. The van der Waals surface area contributed by atoms with Gasteiger partial charge in [-0.25, -0.2) is 0 Å². The van der Waals surface area contributed by atoms with Gasteiger partial charge in [0.25, 0.3) is 0 Å². The van der Waals surface area contributed by atoms with Crippen LogP contribution in [0.3, 0.4) is 0 Å². The number of nitrogens with two attached hydrogens (primary N) is 1. The third-order valence-electron chi connectivity index (χ3n) is 4.11. The fourth-order valence-corrected chi connectivity index (χ4v) is 2.39. The van der Waals surface area contributed by atoms with Crippen LogP contribution in [0.25, 0.3) is 0 Å². The van der Waals surface area contributed by atoms with Crippen molar-refractivity contribution in [3.63, 3.8) is 0 Å². The molecule has 1 fully saturated rings. The molecule has 1 aromatic heterocycles. The quantitative estimate of drug-likeness (QED) is 0.871. The first-order chi connectivity index (χ1) is 9.02. The van der Waals surface area contributed by atoms with Crippen LogP contribution in [0.15, 0.2) is 4.52 Å². The molecule has 0 aliphatic carbocycles. The molecule has 6 heteroatoms. The first-order valence-electron chi connectivity index (χ1n) is 7.00. The van der Waals surface area contributed by atoms with Gasteiger partial charge in [0.2, 0.25) is 5.89 Å². The van der Waals surface area contributed by atoms with Gasteiger partial charge < -0.3 is 15.2 Å². The average Bonchev–Trinajstić information content (AvgIpc) is 2.89. The van der Waals surface area contributed by atoms with Crippen molar-refractivity contribution in [2.45, 2.75) is 38.3 Å². The maximum Gasteiger partial charge on any atom is 0.231 e. The first-order valence-corrected chi connectivity index (χ1v) is 7.00. The SMILES string of the molecule is CCC(N)C(C)c1nc(C2CN(C)CCN2C)no1. The van der Waals surface area contributed by atoms with E-state index in [1.54, 1.807) is 0 Å². The molecular weight excluding hydrogens is 242 g/mol. The summed E-state index contributed by atoms with van der Waals surface area (Å²) in [6, 6.07) is 0.279. The Hall–Kier alpha value is -0.980. The van der Waals surface area contributed by atoms with Crippen LogP contribution in [0.4, 0.5) is 0 Å². The Balaban J connectivity index is 2.11. The maximum atomic E-state index is 6.04. The Morgan fingerprint density at radius 1 is 1.42 bits per heavy atom. The monoisotopic (exact) mass is 267 g/mol. The van der Waals surface area contributed by atoms with Crippen molar-refractivity contribution in [3.8, 4) is 0 Å². The van der Waals surface area contributed by atoms with E-state index in [0.717, 1.165) is 31.9 Å². The molecule has 2 heterocycles. The molecule has 19 heavy (non-hydrogen) atoms. The summed E-state index contributed by atoms with van der Waals surface area (Å²) in [5.41, 5.74) is 6.04. The van der Waals surface area contributed by atoms with Crippen LogP contribution in [0.1, 0.15) is 43.9 Å². The van der Waals surface area contributed by atoms with Gasteiger partial charge in [-0.1, -0.05) is 19.0 Å². The second-order valence-electron chi connectivity index (χ2n) is 5.61. The molecule has 2 rings (SSSR count). The Morgan fingerprint density at radius 3 is 2.84 bits per heavy atom. The number of rotatable bonds is 4. The van der Waals surface area contributed by atoms with E-state index in [9.17, 15) is 0 Å². The van der Waals surface area contributed by atoms with Gasteiger partial charge in [-0.2, -0.15) is 4.98 Å². The fraction of sp³-hybridized carbons (Fsp3) is 0.846. The van der Waals surface area contributed by atoms with Gasteiger partial charge >= 0.3 is 0 Å². The molecular formula is C13H25N5O. The molecule has 1 saturated heterocycles. The van der Waals surface area contributed by atoms with Crippen molar-refractivity contribution < 1.29 is 4.52 Å². The predicted octanol–water partition coefficient (Wildman–Crippen LogP) is 0.829. The van der Waals surface area contributed by atoms with Crippen LogP contribution in [-0.4, -0.2) is 59.7 Å². The van der Waals surface area contributed by atoms with Gasteiger partial charge in [0.1, 0.15) is 0 Å². The summed E-state index contributed by atoms with van der Waals surface area (Å²) in [5, 5.41) is 4.15. The van der Waals surface area contributed by atoms with Crippen molar-refractivity contribution in [1.82, 2.24) is 19.9 Å². The summed E-state index contributed by atoms with van der Waals surface area (Å²) in [5.74, 6) is 1.54. The topological polar surface area (TPSA) is 71.4 Å². The molecule has 2 N–H and O–H groups in total. The third kappa shape index (κ3) is 3.13. The van der Waals surface area contributed by atoms with Gasteiger partial charge in [0.15, 0.2) is 5.82 Å². The largest absolute Gasteiger partial charge is 0.339 e. The summed E-state index contributed by atoms with van der Waals surface area (Å²) in [4.78, 5) is 9.13. The molecule has 0 radical (unpaired) electrons. The number of piperazine rings is 1. The molecule has 1 aliphatic heterocycles. The van der Waals surface area contributed by atoms with Gasteiger partial charge in [0.05, 0.1) is 12.0 Å². The van der Waals surface area contributed by atoms with E-state index in [0.29, 0.717) is 5.89 Å². The highest BCUT2D eigenvalue weighted by atomic mass is 16.5. The summed E-state index contributed by atoms with van der Waals surface area (Å²) >= 11 is 0. The summed E-state index contributed by atoms with van der Waals surface area (Å²) in [6.45, 7) is 7.15. The van der Waals surface area contributed by atoms with Crippen LogP contribution < -0.4 is 5.73 Å². The van der Waals surface area contributed by atoms with Crippen LogP contribution in [0, 0.1) is 0 Å². The van der Waals surface area contributed by atoms with Crippen molar-refractivity contribution in [2.75, 3.05) is 33.7 Å². The zero-order chi connectivity index (χ0) is 14.0. The van der Waals surface area contributed by atoms with Gasteiger partial charge in [-0.05, 0) is 20.5 Å². The second kappa shape index (κ2) is 5.98. The number of aromatic nitrogens is 2. The lowest BCUT2D eigenvalue weighted by molar-refractivity contribution is 0.108. The third-order valence-corrected chi connectivity index (χ3v) is 4.11. The lowest BCUT2D eigenvalue weighted by Gasteiger charge is -2.35. The normalized spacial score (nSPS) is 25.4. The van der Waals surface area contributed by atoms with Crippen molar-refractivity contribution >= 4 is 0 Å². The molecule has 6 nitrogen and oxygen atoms in total. The van der Waals surface area contributed by atoms with Gasteiger partial charge in [-0.15, -0.1) is 0 Å².